The molecular weight excluding hydrogens is 277 g/mol. The van der Waals surface area contributed by atoms with Crippen molar-refractivity contribution in [1.29, 1.82) is 0 Å². The van der Waals surface area contributed by atoms with Gasteiger partial charge >= 0.3 is 12.3 Å². The van der Waals surface area contributed by atoms with Gasteiger partial charge in [0.05, 0.1) is 18.0 Å². The Hall–Kier alpha value is -2.25. The van der Waals surface area contributed by atoms with Gasteiger partial charge in [0.15, 0.2) is 0 Å². The molecule has 20 heavy (non-hydrogen) atoms. The zero-order valence-electron chi connectivity index (χ0n) is 10.5. The van der Waals surface area contributed by atoms with Crippen molar-refractivity contribution < 1.29 is 27.9 Å². The largest absolute Gasteiger partial charge is 0.465 e. The number of carbonyl (C=O) groups excluding carboxylic acids is 1. The summed E-state index contributed by atoms with van der Waals surface area (Å²) in [6.45, 7) is 0. The highest BCUT2D eigenvalue weighted by Gasteiger charge is 2.31. The molecule has 1 unspecified atom stereocenters. The van der Waals surface area contributed by atoms with Crippen LogP contribution in [0.5, 0.6) is 0 Å². The molecule has 0 aliphatic heterocycles. The third-order valence-electron chi connectivity index (χ3n) is 2.58. The summed E-state index contributed by atoms with van der Waals surface area (Å²) in [5.41, 5.74) is -0.824. The van der Waals surface area contributed by atoms with E-state index in [0.717, 1.165) is 12.1 Å². The van der Waals surface area contributed by atoms with Gasteiger partial charge in [0.1, 0.15) is 0 Å². The number of rotatable bonds is 4. The number of nitrogens with one attached hydrogen (secondary N) is 2. The molecule has 0 heterocycles. The molecule has 1 aromatic carbocycles. The molecule has 1 rings (SSSR count). The maximum atomic E-state index is 12.6. The second kappa shape index (κ2) is 6.27. The van der Waals surface area contributed by atoms with E-state index in [1.165, 1.54) is 19.2 Å². The van der Waals surface area contributed by atoms with Crippen molar-refractivity contribution in [3.05, 3.63) is 35.4 Å². The van der Waals surface area contributed by atoms with Crippen LogP contribution in [0.1, 0.15) is 23.6 Å². The summed E-state index contributed by atoms with van der Waals surface area (Å²) in [5, 5.41) is 13.0. The van der Waals surface area contributed by atoms with Crippen molar-refractivity contribution in [2.24, 2.45) is 0 Å². The average Bonchev–Trinajstić information content (AvgIpc) is 2.36. The summed E-state index contributed by atoms with van der Waals surface area (Å²) < 4.78 is 37.8. The van der Waals surface area contributed by atoms with Gasteiger partial charge in [0, 0.05) is 7.05 Å². The lowest BCUT2D eigenvalue weighted by molar-refractivity contribution is -0.137. The average molecular weight is 290 g/mol. The first-order chi connectivity index (χ1) is 9.24. The van der Waals surface area contributed by atoms with E-state index in [1.54, 1.807) is 0 Å². The molecule has 0 fully saturated rings. The minimum Gasteiger partial charge on any atom is -0.465 e. The normalized spacial score (nSPS) is 12.6. The van der Waals surface area contributed by atoms with E-state index in [2.05, 4.69) is 5.32 Å². The van der Waals surface area contributed by atoms with Gasteiger partial charge in [-0.3, -0.25) is 4.79 Å². The highest BCUT2D eigenvalue weighted by atomic mass is 19.4. The lowest BCUT2D eigenvalue weighted by atomic mass is 10.0. The Bertz CT molecular complexity index is 503. The van der Waals surface area contributed by atoms with E-state index in [4.69, 9.17) is 5.11 Å². The quantitative estimate of drug-likeness (QED) is 0.795. The zero-order chi connectivity index (χ0) is 15.3. The van der Waals surface area contributed by atoms with Gasteiger partial charge in [-0.05, 0) is 17.7 Å². The Labute approximate surface area is 112 Å². The van der Waals surface area contributed by atoms with E-state index in [0.29, 0.717) is 0 Å². The van der Waals surface area contributed by atoms with Gasteiger partial charge in [-0.15, -0.1) is 0 Å². The lowest BCUT2D eigenvalue weighted by Gasteiger charge is -2.18. The molecule has 0 aromatic heterocycles. The van der Waals surface area contributed by atoms with E-state index < -0.39 is 29.8 Å². The van der Waals surface area contributed by atoms with Crippen molar-refractivity contribution in [2.75, 3.05) is 7.05 Å². The molecular formula is C12H13F3N2O3. The predicted molar refractivity (Wildman–Crippen MR) is 64.0 cm³/mol. The van der Waals surface area contributed by atoms with E-state index in [-0.39, 0.29) is 12.0 Å². The molecule has 3 N–H and O–H groups in total. The smallest absolute Gasteiger partial charge is 0.416 e. The van der Waals surface area contributed by atoms with Gasteiger partial charge in [-0.25, -0.2) is 4.79 Å². The Kier molecular flexibility index (Phi) is 4.95. The Morgan fingerprint density at radius 3 is 2.50 bits per heavy atom. The number of carboxylic acid groups (broad SMARTS) is 1. The highest BCUT2D eigenvalue weighted by Crippen LogP contribution is 2.31. The molecule has 1 atom stereocenters. The standard InChI is InChI=1S/C12H13F3N2O3/c1-16-10(18)6-9(17-11(19)20)7-3-2-4-8(5-7)12(13,14)15/h2-5,9,17H,6H2,1H3,(H,16,18)(H,19,20). The number of amides is 2. The fourth-order valence-electron chi connectivity index (χ4n) is 1.62. The molecule has 0 saturated heterocycles. The third-order valence-corrected chi connectivity index (χ3v) is 2.58. The minimum atomic E-state index is -4.53. The fourth-order valence-corrected chi connectivity index (χ4v) is 1.62. The third kappa shape index (κ3) is 4.45. The maximum Gasteiger partial charge on any atom is 0.416 e. The summed E-state index contributed by atoms with van der Waals surface area (Å²) in [4.78, 5) is 22.0. The molecule has 0 saturated carbocycles. The van der Waals surface area contributed by atoms with E-state index in [9.17, 15) is 22.8 Å². The van der Waals surface area contributed by atoms with Crippen molar-refractivity contribution in [3.8, 4) is 0 Å². The van der Waals surface area contributed by atoms with Crippen LogP contribution in [-0.2, 0) is 11.0 Å². The molecule has 0 bridgehead atoms. The van der Waals surface area contributed by atoms with Gasteiger partial charge in [0.25, 0.3) is 0 Å². The molecule has 2 amide bonds. The minimum absolute atomic E-state index is 0.0748. The first kappa shape index (κ1) is 15.8. The number of hydrogen-bond donors (Lipinski definition) is 3. The van der Waals surface area contributed by atoms with E-state index >= 15 is 0 Å². The van der Waals surface area contributed by atoms with Gasteiger partial charge < -0.3 is 15.7 Å². The Morgan fingerprint density at radius 2 is 2.00 bits per heavy atom. The maximum absolute atomic E-state index is 12.6. The number of alkyl halides is 3. The molecule has 0 aliphatic carbocycles. The number of benzene rings is 1. The van der Waals surface area contributed by atoms with Crippen LogP contribution >= 0.6 is 0 Å². The van der Waals surface area contributed by atoms with Crippen molar-refractivity contribution in [2.45, 2.75) is 18.6 Å². The van der Waals surface area contributed by atoms with Crippen molar-refractivity contribution >= 4 is 12.0 Å². The van der Waals surface area contributed by atoms with Crippen LogP contribution in [0.25, 0.3) is 0 Å². The first-order valence-electron chi connectivity index (χ1n) is 5.61. The van der Waals surface area contributed by atoms with Crippen LogP contribution in [0.4, 0.5) is 18.0 Å². The SMILES string of the molecule is CNC(=O)CC(NC(=O)O)c1cccc(C(F)(F)F)c1. The van der Waals surface area contributed by atoms with Crippen LogP contribution in [-0.4, -0.2) is 24.2 Å². The van der Waals surface area contributed by atoms with Crippen LogP contribution in [0.2, 0.25) is 0 Å². The van der Waals surface area contributed by atoms with Crippen LogP contribution in [0, 0.1) is 0 Å². The van der Waals surface area contributed by atoms with Crippen molar-refractivity contribution in [1.82, 2.24) is 10.6 Å². The zero-order valence-corrected chi connectivity index (χ0v) is 10.5. The lowest BCUT2D eigenvalue weighted by Crippen LogP contribution is -2.31. The molecule has 5 nitrogen and oxygen atoms in total. The molecule has 8 heteroatoms. The predicted octanol–water partition coefficient (Wildman–Crippen LogP) is 2.15. The molecule has 1 aromatic rings. The summed E-state index contributed by atoms with van der Waals surface area (Å²) in [7, 11) is 1.35. The first-order valence-corrected chi connectivity index (χ1v) is 5.61. The van der Waals surface area contributed by atoms with Crippen LogP contribution in [0.3, 0.4) is 0 Å². The summed E-state index contributed by atoms with van der Waals surface area (Å²) >= 11 is 0. The molecule has 0 aliphatic rings. The van der Waals surface area contributed by atoms with Crippen LogP contribution in [0.15, 0.2) is 24.3 Å². The monoisotopic (exact) mass is 290 g/mol. The van der Waals surface area contributed by atoms with Gasteiger partial charge in [-0.2, -0.15) is 13.2 Å². The summed E-state index contributed by atoms with van der Waals surface area (Å²) in [6.07, 6.45) is -6.24. The van der Waals surface area contributed by atoms with E-state index in [1.807, 2.05) is 5.32 Å². The topological polar surface area (TPSA) is 78.4 Å². The number of carbonyl (C=O) groups is 2. The second-order valence-corrected chi connectivity index (χ2v) is 4.00. The van der Waals surface area contributed by atoms with Gasteiger partial charge in [0.2, 0.25) is 5.91 Å². The molecule has 0 spiro atoms. The molecule has 0 radical (unpaired) electrons. The molecule has 110 valence electrons. The van der Waals surface area contributed by atoms with Gasteiger partial charge in [-0.1, -0.05) is 12.1 Å². The fraction of sp³-hybridized carbons (Fsp3) is 0.333. The Morgan fingerprint density at radius 1 is 1.35 bits per heavy atom. The number of hydrogen-bond acceptors (Lipinski definition) is 2. The second-order valence-electron chi connectivity index (χ2n) is 4.00. The number of halogens is 3. The van der Waals surface area contributed by atoms with Crippen LogP contribution < -0.4 is 10.6 Å². The summed E-state index contributed by atoms with van der Waals surface area (Å²) in [6, 6.07) is 3.15. The highest BCUT2D eigenvalue weighted by molar-refractivity contribution is 5.77. The Balaban J connectivity index is 3.07. The van der Waals surface area contributed by atoms with Crippen molar-refractivity contribution in [3.63, 3.8) is 0 Å². The summed E-state index contributed by atoms with van der Waals surface area (Å²) in [5.74, 6) is -0.485.